The molecule has 0 radical (unpaired) electrons. The van der Waals surface area contributed by atoms with E-state index >= 15 is 0 Å². The van der Waals surface area contributed by atoms with Gasteiger partial charge in [-0.05, 0) is 24.6 Å². The number of hydrogen-bond acceptors (Lipinski definition) is 4. The second kappa shape index (κ2) is 5.69. The molecule has 2 aromatic rings. The minimum Gasteiger partial charge on any atom is -0.497 e. The van der Waals surface area contributed by atoms with Crippen molar-refractivity contribution in [3.8, 4) is 11.6 Å². The molecule has 0 aliphatic carbocycles. The summed E-state index contributed by atoms with van der Waals surface area (Å²) in [4.78, 5) is 7.92. The van der Waals surface area contributed by atoms with Gasteiger partial charge in [0.2, 0.25) is 5.88 Å². The summed E-state index contributed by atoms with van der Waals surface area (Å²) in [6, 6.07) is 7.66. The van der Waals surface area contributed by atoms with Crippen LogP contribution in [0.25, 0.3) is 0 Å². The minimum atomic E-state index is 0.412. The molecule has 0 unspecified atom stereocenters. The van der Waals surface area contributed by atoms with Gasteiger partial charge >= 0.3 is 0 Å². The first-order valence-corrected chi connectivity index (χ1v) is 5.81. The lowest BCUT2D eigenvalue weighted by molar-refractivity contribution is 0.290. The molecule has 0 bridgehead atoms. The Balaban J connectivity index is 2.04. The monoisotopic (exact) mass is 264 g/mol. The molecule has 0 saturated carbocycles. The van der Waals surface area contributed by atoms with Crippen LogP contribution in [0, 0.1) is 6.92 Å². The van der Waals surface area contributed by atoms with Crippen molar-refractivity contribution in [1.82, 2.24) is 9.97 Å². The van der Waals surface area contributed by atoms with Gasteiger partial charge in [-0.25, -0.2) is 9.97 Å². The molecule has 94 valence electrons. The van der Waals surface area contributed by atoms with Crippen molar-refractivity contribution in [2.45, 2.75) is 13.5 Å². The third kappa shape index (κ3) is 2.90. The number of methoxy groups -OCH3 is 1. The summed E-state index contributed by atoms with van der Waals surface area (Å²) < 4.78 is 10.7. The molecule has 1 heterocycles. The highest BCUT2D eigenvalue weighted by Crippen LogP contribution is 2.21. The molecule has 0 atom stereocenters. The lowest BCUT2D eigenvalue weighted by Gasteiger charge is -2.08. The van der Waals surface area contributed by atoms with Crippen molar-refractivity contribution in [3.63, 3.8) is 0 Å². The van der Waals surface area contributed by atoms with Crippen LogP contribution in [-0.2, 0) is 6.61 Å². The summed E-state index contributed by atoms with van der Waals surface area (Å²) in [6.45, 7) is 2.25. The van der Waals surface area contributed by atoms with Crippen LogP contribution in [-0.4, -0.2) is 17.1 Å². The maximum atomic E-state index is 5.89. The first-order valence-electron chi connectivity index (χ1n) is 5.43. The molecular weight excluding hydrogens is 252 g/mol. The van der Waals surface area contributed by atoms with Crippen LogP contribution in [0.2, 0.25) is 5.15 Å². The fraction of sp³-hybridized carbons (Fsp3) is 0.231. The van der Waals surface area contributed by atoms with Crippen LogP contribution in [0.1, 0.15) is 11.1 Å². The van der Waals surface area contributed by atoms with E-state index in [1.807, 2.05) is 31.2 Å². The molecule has 0 fully saturated rings. The predicted octanol–water partition coefficient (Wildman–Crippen LogP) is 3.03. The van der Waals surface area contributed by atoms with Crippen molar-refractivity contribution in [1.29, 1.82) is 0 Å². The van der Waals surface area contributed by atoms with Gasteiger partial charge in [0, 0.05) is 5.56 Å². The van der Waals surface area contributed by atoms with E-state index in [4.69, 9.17) is 21.1 Å². The zero-order chi connectivity index (χ0) is 13.0. The fourth-order valence-electron chi connectivity index (χ4n) is 1.43. The van der Waals surface area contributed by atoms with E-state index in [9.17, 15) is 0 Å². The SMILES string of the molecule is COc1ccc(COc2ncnc(Cl)c2C)cc1. The van der Waals surface area contributed by atoms with Crippen molar-refractivity contribution in [3.05, 3.63) is 46.9 Å². The van der Waals surface area contributed by atoms with Crippen LogP contribution in [0.5, 0.6) is 11.6 Å². The summed E-state index contributed by atoms with van der Waals surface area (Å²) in [5.74, 6) is 1.32. The van der Waals surface area contributed by atoms with Gasteiger partial charge < -0.3 is 9.47 Å². The van der Waals surface area contributed by atoms with Gasteiger partial charge in [0.15, 0.2) is 0 Å². The van der Waals surface area contributed by atoms with Crippen LogP contribution in [0.15, 0.2) is 30.6 Å². The maximum Gasteiger partial charge on any atom is 0.221 e. The second-order valence-electron chi connectivity index (χ2n) is 3.73. The molecule has 2 rings (SSSR count). The summed E-state index contributed by atoms with van der Waals surface area (Å²) in [5, 5.41) is 0.412. The molecule has 0 saturated heterocycles. The number of rotatable bonds is 4. The number of nitrogens with zero attached hydrogens (tertiary/aromatic N) is 2. The van der Waals surface area contributed by atoms with E-state index in [1.54, 1.807) is 7.11 Å². The Morgan fingerprint density at radius 1 is 1.17 bits per heavy atom. The Morgan fingerprint density at radius 3 is 2.56 bits per heavy atom. The summed E-state index contributed by atoms with van der Waals surface area (Å²) in [6.07, 6.45) is 1.39. The van der Waals surface area contributed by atoms with Gasteiger partial charge in [-0.1, -0.05) is 23.7 Å². The lowest BCUT2D eigenvalue weighted by atomic mass is 10.2. The number of aromatic nitrogens is 2. The molecule has 18 heavy (non-hydrogen) atoms. The van der Waals surface area contributed by atoms with E-state index in [1.165, 1.54) is 6.33 Å². The number of ether oxygens (including phenoxy) is 2. The van der Waals surface area contributed by atoms with Crippen LogP contribution < -0.4 is 9.47 Å². The van der Waals surface area contributed by atoms with Crippen LogP contribution in [0.4, 0.5) is 0 Å². The van der Waals surface area contributed by atoms with Crippen molar-refractivity contribution in [2.24, 2.45) is 0 Å². The first-order chi connectivity index (χ1) is 8.70. The Morgan fingerprint density at radius 2 is 1.89 bits per heavy atom. The highest BCUT2D eigenvalue weighted by Gasteiger charge is 2.06. The van der Waals surface area contributed by atoms with Gasteiger partial charge in [0.25, 0.3) is 0 Å². The minimum absolute atomic E-state index is 0.412. The molecule has 0 amide bonds. The molecular formula is C13H13ClN2O2. The van der Waals surface area contributed by atoms with E-state index < -0.39 is 0 Å². The summed E-state index contributed by atoms with van der Waals surface area (Å²) in [7, 11) is 1.64. The number of halogens is 1. The number of hydrogen-bond donors (Lipinski definition) is 0. The zero-order valence-electron chi connectivity index (χ0n) is 10.2. The average Bonchev–Trinajstić information content (AvgIpc) is 2.41. The van der Waals surface area contributed by atoms with Crippen molar-refractivity contribution >= 4 is 11.6 Å². The number of benzene rings is 1. The second-order valence-corrected chi connectivity index (χ2v) is 4.09. The normalized spacial score (nSPS) is 10.2. The van der Waals surface area contributed by atoms with E-state index in [0.717, 1.165) is 16.9 Å². The molecule has 5 heteroatoms. The summed E-state index contributed by atoms with van der Waals surface area (Å²) >= 11 is 5.89. The zero-order valence-corrected chi connectivity index (χ0v) is 10.9. The van der Waals surface area contributed by atoms with Crippen LogP contribution >= 0.6 is 11.6 Å². The van der Waals surface area contributed by atoms with Gasteiger partial charge in [-0.3, -0.25) is 0 Å². The first kappa shape index (κ1) is 12.6. The van der Waals surface area contributed by atoms with E-state index in [2.05, 4.69) is 9.97 Å². The predicted molar refractivity (Wildman–Crippen MR) is 69.1 cm³/mol. The van der Waals surface area contributed by atoms with Crippen LogP contribution in [0.3, 0.4) is 0 Å². The highest BCUT2D eigenvalue weighted by molar-refractivity contribution is 6.30. The van der Waals surface area contributed by atoms with Crippen molar-refractivity contribution < 1.29 is 9.47 Å². The molecule has 1 aromatic carbocycles. The summed E-state index contributed by atoms with van der Waals surface area (Å²) in [5.41, 5.74) is 1.78. The Hall–Kier alpha value is -1.81. The van der Waals surface area contributed by atoms with Gasteiger partial charge in [0.05, 0.1) is 7.11 Å². The maximum absolute atomic E-state index is 5.89. The standard InChI is InChI=1S/C13H13ClN2O2/c1-9-12(14)15-8-16-13(9)18-7-10-3-5-11(17-2)6-4-10/h3-6,8H,7H2,1-2H3. The van der Waals surface area contributed by atoms with Gasteiger partial charge in [0.1, 0.15) is 23.8 Å². The van der Waals surface area contributed by atoms with Gasteiger partial charge in [-0.15, -0.1) is 0 Å². The van der Waals surface area contributed by atoms with Gasteiger partial charge in [-0.2, -0.15) is 0 Å². The quantitative estimate of drug-likeness (QED) is 0.796. The lowest BCUT2D eigenvalue weighted by Crippen LogP contribution is -2.00. The third-order valence-electron chi connectivity index (χ3n) is 2.51. The van der Waals surface area contributed by atoms with Crippen molar-refractivity contribution in [2.75, 3.05) is 7.11 Å². The Labute approximate surface area is 111 Å². The molecule has 0 spiro atoms. The molecule has 0 N–H and O–H groups in total. The average molecular weight is 265 g/mol. The molecule has 1 aromatic heterocycles. The topological polar surface area (TPSA) is 44.2 Å². The van der Waals surface area contributed by atoms with E-state index in [0.29, 0.717) is 17.6 Å². The smallest absolute Gasteiger partial charge is 0.221 e. The largest absolute Gasteiger partial charge is 0.497 e. The Bertz CT molecular complexity index is 529. The third-order valence-corrected chi connectivity index (χ3v) is 2.89. The molecule has 0 aliphatic heterocycles. The fourth-order valence-corrected chi connectivity index (χ4v) is 1.56. The highest BCUT2D eigenvalue weighted by atomic mass is 35.5. The van der Waals surface area contributed by atoms with E-state index in [-0.39, 0.29) is 0 Å². The molecule has 0 aliphatic rings. The molecule has 4 nitrogen and oxygen atoms in total. The Kier molecular flexibility index (Phi) is 3.99.